The van der Waals surface area contributed by atoms with Crippen LogP contribution < -0.4 is 10.6 Å². The Morgan fingerprint density at radius 3 is 2.37 bits per heavy atom. The molecule has 1 fully saturated rings. The zero-order valence-electron chi connectivity index (χ0n) is 16.7. The van der Waals surface area contributed by atoms with Gasteiger partial charge in [0, 0.05) is 29.9 Å². The number of piperidine rings is 1. The molecule has 1 aromatic heterocycles. The number of aromatic nitrogens is 1. The van der Waals surface area contributed by atoms with Gasteiger partial charge in [-0.2, -0.15) is 0 Å². The number of rotatable bonds is 4. The fraction of sp³-hybridized carbons (Fsp3) is 0.455. The molecule has 0 amide bonds. The standard InChI is InChI=1S/C22H30N4S/c1-21(2)13-19(14-22(3,4)25-21)26(16-17-9-6-5-7-10-17)20(27)24-18-11-8-12-23-15-18/h5-12,15,19,25H,13-14,16H2,1-4H3,(H,24,27). The van der Waals surface area contributed by atoms with Gasteiger partial charge in [0.25, 0.3) is 0 Å². The Kier molecular flexibility index (Phi) is 5.82. The van der Waals surface area contributed by atoms with Gasteiger partial charge >= 0.3 is 0 Å². The topological polar surface area (TPSA) is 40.2 Å². The van der Waals surface area contributed by atoms with E-state index in [0.717, 1.165) is 30.2 Å². The average Bonchev–Trinajstić information content (AvgIpc) is 2.58. The molecular formula is C22H30N4S. The summed E-state index contributed by atoms with van der Waals surface area (Å²) in [6.45, 7) is 9.90. The van der Waals surface area contributed by atoms with E-state index in [1.165, 1.54) is 5.56 Å². The maximum atomic E-state index is 5.85. The van der Waals surface area contributed by atoms with Gasteiger partial charge in [-0.25, -0.2) is 0 Å². The summed E-state index contributed by atoms with van der Waals surface area (Å²) < 4.78 is 0. The van der Waals surface area contributed by atoms with Crippen LogP contribution >= 0.6 is 12.2 Å². The molecule has 0 unspecified atom stereocenters. The summed E-state index contributed by atoms with van der Waals surface area (Å²) in [6.07, 6.45) is 5.66. The Morgan fingerprint density at radius 2 is 1.78 bits per heavy atom. The second-order valence-electron chi connectivity index (χ2n) is 8.74. The van der Waals surface area contributed by atoms with Crippen molar-refractivity contribution in [2.75, 3.05) is 5.32 Å². The number of anilines is 1. The monoisotopic (exact) mass is 382 g/mol. The molecule has 2 N–H and O–H groups in total. The second kappa shape index (κ2) is 7.95. The molecule has 0 aliphatic carbocycles. The highest BCUT2D eigenvalue weighted by atomic mass is 32.1. The van der Waals surface area contributed by atoms with Gasteiger partial charge in [-0.3, -0.25) is 4.98 Å². The predicted molar refractivity (Wildman–Crippen MR) is 117 cm³/mol. The van der Waals surface area contributed by atoms with E-state index in [1.54, 1.807) is 6.20 Å². The third-order valence-electron chi connectivity index (χ3n) is 4.98. The van der Waals surface area contributed by atoms with Crippen LogP contribution in [-0.2, 0) is 6.54 Å². The molecule has 0 spiro atoms. The van der Waals surface area contributed by atoms with Crippen LogP contribution in [0.5, 0.6) is 0 Å². The molecule has 1 aromatic carbocycles. The highest BCUT2D eigenvalue weighted by Gasteiger charge is 2.40. The summed E-state index contributed by atoms with van der Waals surface area (Å²) in [4.78, 5) is 6.54. The summed E-state index contributed by atoms with van der Waals surface area (Å²) in [6, 6.07) is 14.8. The molecule has 0 radical (unpaired) electrons. The number of hydrogen-bond donors (Lipinski definition) is 2. The Labute approximate surface area is 168 Å². The Morgan fingerprint density at radius 1 is 1.11 bits per heavy atom. The van der Waals surface area contributed by atoms with E-state index in [2.05, 4.69) is 78.5 Å². The quantitative estimate of drug-likeness (QED) is 0.757. The van der Waals surface area contributed by atoms with Crippen molar-refractivity contribution in [2.45, 2.75) is 64.2 Å². The molecule has 2 heterocycles. The number of nitrogens with zero attached hydrogens (tertiary/aromatic N) is 2. The van der Waals surface area contributed by atoms with Gasteiger partial charge in [-0.05, 0) is 70.5 Å². The van der Waals surface area contributed by atoms with Crippen LogP contribution in [0.25, 0.3) is 0 Å². The van der Waals surface area contributed by atoms with E-state index in [9.17, 15) is 0 Å². The lowest BCUT2D eigenvalue weighted by atomic mass is 9.79. The molecule has 27 heavy (non-hydrogen) atoms. The van der Waals surface area contributed by atoms with Gasteiger partial charge in [0.05, 0.1) is 11.9 Å². The Bertz CT molecular complexity index is 742. The molecule has 1 saturated heterocycles. The first-order valence-corrected chi connectivity index (χ1v) is 9.96. The minimum atomic E-state index is 0.0608. The third-order valence-corrected chi connectivity index (χ3v) is 5.32. The minimum absolute atomic E-state index is 0.0608. The number of pyridine rings is 1. The van der Waals surface area contributed by atoms with Gasteiger partial charge in [-0.15, -0.1) is 0 Å². The van der Waals surface area contributed by atoms with E-state index in [1.807, 2.05) is 18.3 Å². The van der Waals surface area contributed by atoms with Gasteiger partial charge < -0.3 is 15.5 Å². The highest BCUT2D eigenvalue weighted by molar-refractivity contribution is 7.80. The van der Waals surface area contributed by atoms with Crippen LogP contribution in [0.4, 0.5) is 5.69 Å². The molecule has 0 saturated carbocycles. The lowest BCUT2D eigenvalue weighted by Crippen LogP contribution is -2.63. The number of nitrogens with one attached hydrogen (secondary N) is 2. The van der Waals surface area contributed by atoms with Crippen LogP contribution in [-0.4, -0.2) is 32.1 Å². The normalized spacial score (nSPS) is 18.7. The van der Waals surface area contributed by atoms with E-state index in [-0.39, 0.29) is 11.1 Å². The van der Waals surface area contributed by atoms with Crippen LogP contribution in [0.2, 0.25) is 0 Å². The van der Waals surface area contributed by atoms with E-state index >= 15 is 0 Å². The van der Waals surface area contributed by atoms with Crippen LogP contribution in [0.15, 0.2) is 54.9 Å². The van der Waals surface area contributed by atoms with Crippen molar-refractivity contribution in [1.82, 2.24) is 15.2 Å². The Balaban J connectivity index is 1.86. The van der Waals surface area contributed by atoms with E-state index in [4.69, 9.17) is 12.2 Å². The third kappa shape index (κ3) is 5.50. The molecule has 1 aliphatic rings. The van der Waals surface area contributed by atoms with Crippen LogP contribution in [0.3, 0.4) is 0 Å². The lowest BCUT2D eigenvalue weighted by Gasteiger charge is -2.50. The van der Waals surface area contributed by atoms with Gasteiger partial charge in [0.2, 0.25) is 0 Å². The maximum Gasteiger partial charge on any atom is 0.174 e. The summed E-state index contributed by atoms with van der Waals surface area (Å²) in [7, 11) is 0. The molecule has 1 aliphatic heterocycles. The minimum Gasteiger partial charge on any atom is -0.342 e. The molecule has 2 aromatic rings. The van der Waals surface area contributed by atoms with Crippen molar-refractivity contribution < 1.29 is 0 Å². The zero-order chi connectivity index (χ0) is 19.5. The van der Waals surface area contributed by atoms with Crippen LogP contribution in [0, 0.1) is 0 Å². The summed E-state index contributed by atoms with van der Waals surface area (Å²) in [5, 5.41) is 7.91. The predicted octanol–water partition coefficient (Wildman–Crippen LogP) is 4.59. The molecule has 144 valence electrons. The molecule has 0 bridgehead atoms. The fourth-order valence-corrected chi connectivity index (χ4v) is 4.60. The molecule has 3 rings (SSSR count). The van der Waals surface area contributed by atoms with E-state index < -0.39 is 0 Å². The second-order valence-corrected chi connectivity index (χ2v) is 9.13. The fourth-order valence-electron chi connectivity index (χ4n) is 4.27. The van der Waals surface area contributed by atoms with E-state index in [0.29, 0.717) is 6.04 Å². The van der Waals surface area contributed by atoms with Crippen molar-refractivity contribution in [2.24, 2.45) is 0 Å². The highest BCUT2D eigenvalue weighted by Crippen LogP contribution is 2.32. The van der Waals surface area contributed by atoms with Gasteiger partial charge in [-0.1, -0.05) is 30.3 Å². The number of thiocarbonyl (C=S) groups is 1. The van der Waals surface area contributed by atoms with Crippen molar-refractivity contribution in [3.05, 3.63) is 60.4 Å². The average molecular weight is 383 g/mol. The summed E-state index contributed by atoms with van der Waals surface area (Å²) in [5.41, 5.74) is 2.31. The first-order chi connectivity index (χ1) is 12.7. The molecular weight excluding hydrogens is 352 g/mol. The van der Waals surface area contributed by atoms with Crippen molar-refractivity contribution in [3.63, 3.8) is 0 Å². The first-order valence-electron chi connectivity index (χ1n) is 9.55. The van der Waals surface area contributed by atoms with Crippen molar-refractivity contribution in [3.8, 4) is 0 Å². The largest absolute Gasteiger partial charge is 0.342 e. The summed E-state index contributed by atoms with van der Waals surface area (Å²) >= 11 is 5.85. The maximum absolute atomic E-state index is 5.85. The molecule has 5 heteroatoms. The van der Waals surface area contributed by atoms with Crippen LogP contribution in [0.1, 0.15) is 46.1 Å². The lowest BCUT2D eigenvalue weighted by molar-refractivity contribution is 0.101. The van der Waals surface area contributed by atoms with Gasteiger partial charge in [0.1, 0.15) is 0 Å². The molecule has 4 nitrogen and oxygen atoms in total. The molecule has 0 atom stereocenters. The van der Waals surface area contributed by atoms with Crippen molar-refractivity contribution in [1.29, 1.82) is 0 Å². The van der Waals surface area contributed by atoms with Gasteiger partial charge in [0.15, 0.2) is 5.11 Å². The number of hydrogen-bond acceptors (Lipinski definition) is 3. The number of benzene rings is 1. The summed E-state index contributed by atoms with van der Waals surface area (Å²) in [5.74, 6) is 0. The van der Waals surface area contributed by atoms with Crippen molar-refractivity contribution >= 4 is 23.0 Å². The smallest absolute Gasteiger partial charge is 0.174 e. The zero-order valence-corrected chi connectivity index (χ0v) is 17.5. The first kappa shape index (κ1) is 19.8. The Hall–Kier alpha value is -1.98. The SMILES string of the molecule is CC1(C)CC(N(Cc2ccccc2)C(=S)Nc2cccnc2)CC(C)(C)N1.